The number of hydroxylamine groups is 1. The highest BCUT2D eigenvalue weighted by molar-refractivity contribution is 6.02. The number of amides is 1. The molecular formula is C33H40F2N8O3. The normalized spacial score (nSPS) is 19.7. The minimum absolute atomic E-state index is 0.319. The zero-order valence-electron chi connectivity index (χ0n) is 26.2. The van der Waals surface area contributed by atoms with Gasteiger partial charge in [-0.3, -0.25) is 14.5 Å². The third-order valence-corrected chi connectivity index (χ3v) is 8.99. The molecule has 13 heteroatoms. The summed E-state index contributed by atoms with van der Waals surface area (Å²) in [6.07, 6.45) is 5.19. The average molecular weight is 635 g/mol. The van der Waals surface area contributed by atoms with Gasteiger partial charge in [0.25, 0.3) is 0 Å². The molecular weight excluding hydrogens is 594 g/mol. The SMILES string of the molecule is C=CC(=O)Nc1cc(Nc2cc(N3OCC[C@@H]3c3ccc(F)cc3F)ncn2)c(OC)cc1N1CCC(N2CCN(C)CC2)CC1. The van der Waals surface area contributed by atoms with E-state index in [0.717, 1.165) is 63.9 Å². The molecule has 0 spiro atoms. The third-order valence-electron chi connectivity index (χ3n) is 8.99. The maximum Gasteiger partial charge on any atom is 0.247 e. The minimum Gasteiger partial charge on any atom is -0.494 e. The number of halogens is 2. The summed E-state index contributed by atoms with van der Waals surface area (Å²) in [5.41, 5.74) is 2.38. The highest BCUT2D eigenvalue weighted by atomic mass is 19.1. The monoisotopic (exact) mass is 634 g/mol. The second-order valence-electron chi connectivity index (χ2n) is 11.8. The fourth-order valence-electron chi connectivity index (χ4n) is 6.46. The van der Waals surface area contributed by atoms with Crippen molar-refractivity contribution in [3.8, 4) is 5.75 Å². The summed E-state index contributed by atoms with van der Waals surface area (Å²) < 4.78 is 34.0. The Morgan fingerprint density at radius 2 is 1.80 bits per heavy atom. The Labute approximate surface area is 267 Å². The van der Waals surface area contributed by atoms with E-state index in [1.807, 2.05) is 12.1 Å². The highest BCUT2D eigenvalue weighted by Gasteiger charge is 2.32. The van der Waals surface area contributed by atoms with Gasteiger partial charge < -0.3 is 25.2 Å². The summed E-state index contributed by atoms with van der Waals surface area (Å²) in [4.78, 5) is 34.3. The number of piperazine rings is 1. The van der Waals surface area contributed by atoms with Gasteiger partial charge in [0.05, 0.1) is 36.8 Å². The number of rotatable bonds is 9. The van der Waals surface area contributed by atoms with E-state index in [0.29, 0.717) is 53.4 Å². The number of hydrogen-bond donors (Lipinski definition) is 2. The van der Waals surface area contributed by atoms with Gasteiger partial charge in [-0.1, -0.05) is 12.6 Å². The number of ether oxygens (including phenoxy) is 1. The quantitative estimate of drug-likeness (QED) is 0.322. The number of piperidine rings is 1. The molecule has 0 bridgehead atoms. The van der Waals surface area contributed by atoms with Gasteiger partial charge in [0.2, 0.25) is 5.91 Å². The van der Waals surface area contributed by atoms with Crippen molar-refractivity contribution in [3.05, 3.63) is 72.6 Å². The molecule has 2 aromatic carbocycles. The fourth-order valence-corrected chi connectivity index (χ4v) is 6.46. The lowest BCUT2D eigenvalue weighted by atomic mass is 10.0. The fraction of sp³-hybridized carbons (Fsp3) is 0.424. The van der Waals surface area contributed by atoms with Crippen molar-refractivity contribution in [2.45, 2.75) is 31.3 Å². The first-order valence-electron chi connectivity index (χ1n) is 15.6. The summed E-state index contributed by atoms with van der Waals surface area (Å²) in [6, 6.07) is 9.02. The van der Waals surface area contributed by atoms with E-state index >= 15 is 0 Å². The molecule has 244 valence electrons. The van der Waals surface area contributed by atoms with Crippen LogP contribution in [0.2, 0.25) is 0 Å². The van der Waals surface area contributed by atoms with E-state index in [1.54, 1.807) is 13.2 Å². The number of anilines is 5. The number of nitrogens with one attached hydrogen (secondary N) is 2. The second kappa shape index (κ2) is 14.0. The van der Waals surface area contributed by atoms with E-state index in [2.05, 4.69) is 48.9 Å². The van der Waals surface area contributed by atoms with Gasteiger partial charge in [-0.25, -0.2) is 23.8 Å². The summed E-state index contributed by atoms with van der Waals surface area (Å²) in [7, 11) is 3.77. The molecule has 1 aromatic heterocycles. The highest BCUT2D eigenvalue weighted by Crippen LogP contribution is 2.41. The lowest BCUT2D eigenvalue weighted by Gasteiger charge is -2.43. The molecule has 0 aliphatic carbocycles. The Morgan fingerprint density at radius 3 is 2.52 bits per heavy atom. The van der Waals surface area contributed by atoms with Crippen molar-refractivity contribution in [1.29, 1.82) is 0 Å². The number of benzene rings is 2. The van der Waals surface area contributed by atoms with Crippen molar-refractivity contribution < 1.29 is 23.1 Å². The van der Waals surface area contributed by atoms with E-state index < -0.39 is 17.7 Å². The minimum atomic E-state index is -0.643. The van der Waals surface area contributed by atoms with Gasteiger partial charge in [0.1, 0.15) is 29.5 Å². The first-order chi connectivity index (χ1) is 22.3. The maximum absolute atomic E-state index is 14.7. The Bertz CT molecular complexity index is 1560. The van der Waals surface area contributed by atoms with Gasteiger partial charge in [-0.15, -0.1) is 0 Å². The first-order valence-corrected chi connectivity index (χ1v) is 15.6. The van der Waals surface area contributed by atoms with Gasteiger partial charge in [0, 0.05) is 75.5 Å². The van der Waals surface area contributed by atoms with Crippen LogP contribution in [0.5, 0.6) is 5.75 Å². The molecule has 6 rings (SSSR count). The van der Waals surface area contributed by atoms with Crippen LogP contribution in [0.4, 0.5) is 37.5 Å². The Morgan fingerprint density at radius 1 is 1.02 bits per heavy atom. The van der Waals surface area contributed by atoms with Crippen LogP contribution >= 0.6 is 0 Å². The molecule has 1 amide bonds. The summed E-state index contributed by atoms with van der Waals surface area (Å²) in [6.45, 7) is 10.0. The number of aromatic nitrogens is 2. The molecule has 46 heavy (non-hydrogen) atoms. The molecule has 0 unspecified atom stereocenters. The molecule has 3 aliphatic heterocycles. The maximum atomic E-state index is 14.7. The smallest absolute Gasteiger partial charge is 0.247 e. The molecule has 3 fully saturated rings. The van der Waals surface area contributed by atoms with E-state index in [1.165, 1.54) is 29.6 Å². The number of carbonyl (C=O) groups excluding carboxylic acids is 1. The summed E-state index contributed by atoms with van der Waals surface area (Å²) >= 11 is 0. The standard InChI is InChI=1S/C33H40F2N8O3/c1-4-33(44)39-26-18-27(30(45-3)19-29(26)42-10-7-23(8-11-42)41-14-12-40(2)13-15-41)38-31-20-32(37-21-36-31)43-28(9-16-46-43)24-6-5-22(34)17-25(24)35/h4-6,17-21,23,28H,1,7-16H2,2-3H3,(H,39,44)(H,36,37,38)/t28-/m1/s1. The van der Waals surface area contributed by atoms with Gasteiger partial charge in [-0.2, -0.15) is 0 Å². The molecule has 0 saturated carbocycles. The average Bonchev–Trinajstić information content (AvgIpc) is 3.55. The van der Waals surface area contributed by atoms with Crippen molar-refractivity contribution in [2.75, 3.05) is 80.6 Å². The topological polar surface area (TPSA) is 98.3 Å². The molecule has 1 atom stereocenters. The van der Waals surface area contributed by atoms with Crippen molar-refractivity contribution in [2.24, 2.45) is 0 Å². The van der Waals surface area contributed by atoms with Crippen molar-refractivity contribution in [1.82, 2.24) is 19.8 Å². The summed E-state index contributed by atoms with van der Waals surface area (Å²) in [5.74, 6) is -0.202. The number of carbonyl (C=O) groups is 1. The lowest BCUT2D eigenvalue weighted by Crippen LogP contribution is -2.52. The van der Waals surface area contributed by atoms with Crippen molar-refractivity contribution >= 4 is 34.6 Å². The Kier molecular flexibility index (Phi) is 9.61. The van der Waals surface area contributed by atoms with E-state index in [-0.39, 0.29) is 5.91 Å². The predicted octanol–water partition coefficient (Wildman–Crippen LogP) is 4.73. The van der Waals surface area contributed by atoms with Crippen LogP contribution in [-0.2, 0) is 9.63 Å². The largest absolute Gasteiger partial charge is 0.494 e. The molecule has 11 nitrogen and oxygen atoms in total. The third kappa shape index (κ3) is 6.91. The predicted molar refractivity (Wildman–Crippen MR) is 174 cm³/mol. The number of methoxy groups -OCH3 is 1. The Hall–Kier alpha value is -4.33. The molecule has 3 aromatic rings. The van der Waals surface area contributed by atoms with Crippen LogP contribution in [0.3, 0.4) is 0 Å². The number of likely N-dealkylation sites (N-methyl/N-ethyl adjacent to an activating group) is 1. The van der Waals surface area contributed by atoms with Crippen LogP contribution in [0, 0.1) is 11.6 Å². The Balaban J connectivity index is 1.23. The number of hydrogen-bond acceptors (Lipinski definition) is 10. The van der Waals surface area contributed by atoms with Gasteiger partial charge >= 0.3 is 0 Å². The van der Waals surface area contributed by atoms with Gasteiger partial charge in [0.15, 0.2) is 5.82 Å². The van der Waals surface area contributed by atoms with Crippen LogP contribution in [0.1, 0.15) is 30.9 Å². The summed E-state index contributed by atoms with van der Waals surface area (Å²) in [5, 5.41) is 7.78. The first kappa shape index (κ1) is 31.6. The van der Waals surface area contributed by atoms with Crippen LogP contribution < -0.4 is 25.3 Å². The number of nitrogens with zero attached hydrogens (tertiary/aromatic N) is 6. The van der Waals surface area contributed by atoms with Crippen LogP contribution in [0.15, 0.2) is 55.4 Å². The molecule has 3 saturated heterocycles. The van der Waals surface area contributed by atoms with Crippen molar-refractivity contribution in [3.63, 3.8) is 0 Å². The van der Waals surface area contributed by atoms with E-state index in [4.69, 9.17) is 9.57 Å². The van der Waals surface area contributed by atoms with Gasteiger partial charge in [-0.05, 0) is 38.1 Å². The lowest BCUT2D eigenvalue weighted by molar-refractivity contribution is -0.111. The molecule has 4 heterocycles. The van der Waals surface area contributed by atoms with Crippen LogP contribution in [-0.4, -0.2) is 91.7 Å². The zero-order chi connectivity index (χ0) is 32.2. The molecule has 0 radical (unpaired) electrons. The zero-order valence-corrected chi connectivity index (χ0v) is 26.2. The second-order valence-corrected chi connectivity index (χ2v) is 11.8. The van der Waals surface area contributed by atoms with E-state index in [9.17, 15) is 13.6 Å². The molecule has 2 N–H and O–H groups in total. The molecule has 3 aliphatic rings. The van der Waals surface area contributed by atoms with Crippen LogP contribution in [0.25, 0.3) is 0 Å².